The zero-order valence-electron chi connectivity index (χ0n) is 10.3. The molecule has 0 heterocycles. The molecule has 0 rings (SSSR count). The van der Waals surface area contributed by atoms with Gasteiger partial charge in [-0.25, -0.2) is 0 Å². The number of amides is 1. The molecule has 0 aliphatic heterocycles. The Labute approximate surface area is 93.2 Å². The van der Waals surface area contributed by atoms with E-state index >= 15 is 0 Å². The lowest BCUT2D eigenvalue weighted by Crippen LogP contribution is -2.31. The van der Waals surface area contributed by atoms with Crippen LogP contribution >= 0.6 is 0 Å². The Bertz CT molecular complexity index is 171. The van der Waals surface area contributed by atoms with Gasteiger partial charge in [-0.2, -0.15) is 0 Å². The monoisotopic (exact) mass is 215 g/mol. The summed E-state index contributed by atoms with van der Waals surface area (Å²) in [5.41, 5.74) is 5.32. The van der Waals surface area contributed by atoms with Crippen LogP contribution in [0.4, 0.5) is 0 Å². The maximum Gasteiger partial charge on any atom is 0.220 e. The van der Waals surface area contributed by atoms with Crippen LogP contribution in [0.5, 0.6) is 0 Å². The third kappa shape index (κ3) is 8.39. The molecule has 0 spiro atoms. The number of nitrogens with one attached hydrogen (secondary N) is 1. The second-order valence-electron chi connectivity index (χ2n) is 4.17. The molecule has 15 heavy (non-hydrogen) atoms. The maximum absolute atomic E-state index is 11.2. The van der Waals surface area contributed by atoms with E-state index in [0.29, 0.717) is 19.0 Å². The summed E-state index contributed by atoms with van der Waals surface area (Å²) >= 11 is 0. The first-order chi connectivity index (χ1) is 7.07. The molecule has 0 aromatic rings. The molecule has 0 saturated carbocycles. The number of rotatable bonds is 8. The second kappa shape index (κ2) is 8.68. The number of carbonyl (C=O) groups excluding carboxylic acids is 1. The molecule has 0 aromatic carbocycles. The van der Waals surface area contributed by atoms with E-state index in [2.05, 4.69) is 31.1 Å². The summed E-state index contributed by atoms with van der Waals surface area (Å²) in [7, 11) is 2.10. The van der Waals surface area contributed by atoms with Crippen molar-refractivity contribution in [3.8, 4) is 0 Å². The molecule has 0 radical (unpaired) electrons. The lowest BCUT2D eigenvalue weighted by Gasteiger charge is -2.20. The molecule has 3 N–H and O–H groups in total. The maximum atomic E-state index is 11.2. The Hall–Kier alpha value is -0.610. The Kier molecular flexibility index (Phi) is 8.33. The van der Waals surface area contributed by atoms with Gasteiger partial charge in [-0.05, 0) is 46.8 Å². The normalized spacial score (nSPS) is 11.1. The van der Waals surface area contributed by atoms with Crippen molar-refractivity contribution in [2.45, 2.75) is 39.2 Å². The molecule has 0 aliphatic rings. The van der Waals surface area contributed by atoms with Gasteiger partial charge in [-0.15, -0.1) is 0 Å². The average molecular weight is 215 g/mol. The first kappa shape index (κ1) is 14.4. The summed E-state index contributed by atoms with van der Waals surface area (Å²) in [4.78, 5) is 13.5. The van der Waals surface area contributed by atoms with E-state index in [9.17, 15) is 4.79 Å². The van der Waals surface area contributed by atoms with Crippen LogP contribution in [0.15, 0.2) is 0 Å². The van der Waals surface area contributed by atoms with Gasteiger partial charge in [-0.1, -0.05) is 0 Å². The number of hydrogen-bond donors (Lipinski definition) is 2. The van der Waals surface area contributed by atoms with E-state index in [0.717, 1.165) is 25.9 Å². The van der Waals surface area contributed by atoms with Crippen molar-refractivity contribution < 1.29 is 4.79 Å². The Morgan fingerprint density at radius 2 is 2.07 bits per heavy atom. The number of hydrogen-bond acceptors (Lipinski definition) is 3. The van der Waals surface area contributed by atoms with Crippen LogP contribution in [0, 0.1) is 0 Å². The summed E-state index contributed by atoms with van der Waals surface area (Å²) in [6.45, 7) is 6.71. The summed E-state index contributed by atoms with van der Waals surface area (Å²) in [5.74, 6) is 0.118. The van der Waals surface area contributed by atoms with Crippen molar-refractivity contribution in [2.24, 2.45) is 5.73 Å². The highest BCUT2D eigenvalue weighted by atomic mass is 16.1. The van der Waals surface area contributed by atoms with E-state index in [4.69, 9.17) is 5.73 Å². The third-order valence-corrected chi connectivity index (χ3v) is 2.50. The summed E-state index contributed by atoms with van der Waals surface area (Å²) < 4.78 is 0. The summed E-state index contributed by atoms with van der Waals surface area (Å²) in [6, 6.07) is 0.568. The van der Waals surface area contributed by atoms with Crippen LogP contribution in [0.3, 0.4) is 0 Å². The number of carbonyl (C=O) groups is 1. The zero-order valence-corrected chi connectivity index (χ0v) is 10.3. The van der Waals surface area contributed by atoms with E-state index in [-0.39, 0.29) is 5.91 Å². The highest BCUT2D eigenvalue weighted by Gasteiger charge is 2.03. The Morgan fingerprint density at radius 1 is 1.40 bits per heavy atom. The van der Waals surface area contributed by atoms with Gasteiger partial charge in [0.2, 0.25) is 5.91 Å². The highest BCUT2D eigenvalue weighted by Crippen LogP contribution is 1.94. The molecule has 0 fully saturated rings. The van der Waals surface area contributed by atoms with Crippen LogP contribution in [0.2, 0.25) is 0 Å². The third-order valence-electron chi connectivity index (χ3n) is 2.50. The first-order valence-corrected chi connectivity index (χ1v) is 5.75. The van der Waals surface area contributed by atoms with Crippen molar-refractivity contribution in [3.05, 3.63) is 0 Å². The molecule has 0 unspecified atom stereocenters. The molecular weight excluding hydrogens is 190 g/mol. The van der Waals surface area contributed by atoms with E-state index in [1.807, 2.05) is 0 Å². The van der Waals surface area contributed by atoms with Gasteiger partial charge in [0.05, 0.1) is 0 Å². The van der Waals surface area contributed by atoms with E-state index in [1.165, 1.54) is 0 Å². The van der Waals surface area contributed by atoms with Crippen LogP contribution in [0.25, 0.3) is 0 Å². The van der Waals surface area contributed by atoms with Gasteiger partial charge in [0.25, 0.3) is 0 Å². The van der Waals surface area contributed by atoms with Gasteiger partial charge in [0, 0.05) is 19.0 Å². The smallest absolute Gasteiger partial charge is 0.220 e. The van der Waals surface area contributed by atoms with Crippen LogP contribution < -0.4 is 11.1 Å². The summed E-state index contributed by atoms with van der Waals surface area (Å²) in [6.07, 6.45) is 2.33. The van der Waals surface area contributed by atoms with Crippen LogP contribution in [-0.2, 0) is 4.79 Å². The average Bonchev–Trinajstić information content (AvgIpc) is 2.20. The molecular formula is C11H25N3O. The van der Waals surface area contributed by atoms with Gasteiger partial charge in [-0.3, -0.25) is 4.79 Å². The second-order valence-corrected chi connectivity index (χ2v) is 4.17. The van der Waals surface area contributed by atoms with Crippen molar-refractivity contribution in [2.75, 3.05) is 26.7 Å². The predicted octanol–water partition coefficient (Wildman–Crippen LogP) is 0.572. The molecule has 0 atom stereocenters. The standard InChI is InChI=1S/C11H25N3O/c1-10(2)14(3)9-5-8-13-11(15)6-4-7-12/h10H,4-9,12H2,1-3H3,(H,13,15). The van der Waals surface area contributed by atoms with Crippen molar-refractivity contribution in [3.63, 3.8) is 0 Å². The first-order valence-electron chi connectivity index (χ1n) is 5.75. The fourth-order valence-corrected chi connectivity index (χ4v) is 1.17. The lowest BCUT2D eigenvalue weighted by atomic mass is 10.3. The number of nitrogens with two attached hydrogens (primary N) is 1. The van der Waals surface area contributed by atoms with E-state index in [1.54, 1.807) is 0 Å². The fourth-order valence-electron chi connectivity index (χ4n) is 1.17. The largest absolute Gasteiger partial charge is 0.356 e. The fraction of sp³-hybridized carbons (Fsp3) is 0.909. The van der Waals surface area contributed by atoms with Crippen molar-refractivity contribution in [1.29, 1.82) is 0 Å². The molecule has 0 aliphatic carbocycles. The van der Waals surface area contributed by atoms with E-state index < -0.39 is 0 Å². The SMILES string of the molecule is CC(C)N(C)CCCNC(=O)CCCN. The van der Waals surface area contributed by atoms with Gasteiger partial charge < -0.3 is 16.0 Å². The topological polar surface area (TPSA) is 58.4 Å². The van der Waals surface area contributed by atoms with Crippen LogP contribution in [0.1, 0.15) is 33.1 Å². The minimum atomic E-state index is 0.118. The van der Waals surface area contributed by atoms with Crippen molar-refractivity contribution >= 4 is 5.91 Å². The molecule has 90 valence electrons. The van der Waals surface area contributed by atoms with Crippen molar-refractivity contribution in [1.82, 2.24) is 10.2 Å². The Balaban J connectivity index is 3.34. The molecule has 0 bridgehead atoms. The van der Waals surface area contributed by atoms with Gasteiger partial charge >= 0.3 is 0 Å². The lowest BCUT2D eigenvalue weighted by molar-refractivity contribution is -0.121. The molecule has 4 heteroatoms. The quantitative estimate of drug-likeness (QED) is 0.582. The minimum Gasteiger partial charge on any atom is -0.356 e. The van der Waals surface area contributed by atoms with Crippen LogP contribution in [-0.4, -0.2) is 43.5 Å². The molecule has 0 aromatic heterocycles. The van der Waals surface area contributed by atoms with Gasteiger partial charge in [0.1, 0.15) is 0 Å². The Morgan fingerprint density at radius 3 is 2.60 bits per heavy atom. The highest BCUT2D eigenvalue weighted by molar-refractivity contribution is 5.75. The molecule has 4 nitrogen and oxygen atoms in total. The number of nitrogens with zero attached hydrogens (tertiary/aromatic N) is 1. The summed E-state index contributed by atoms with van der Waals surface area (Å²) in [5, 5.41) is 2.89. The molecule has 0 saturated heterocycles. The molecule has 1 amide bonds. The zero-order chi connectivity index (χ0) is 11.7. The minimum absolute atomic E-state index is 0.118. The predicted molar refractivity (Wildman–Crippen MR) is 63.7 cm³/mol. The van der Waals surface area contributed by atoms with Gasteiger partial charge in [0.15, 0.2) is 0 Å².